The molecule has 2 aromatic carbocycles. The quantitative estimate of drug-likeness (QED) is 0.772. The van der Waals surface area contributed by atoms with Crippen LogP contribution < -0.4 is 10.1 Å². The van der Waals surface area contributed by atoms with E-state index in [2.05, 4.69) is 23.5 Å². The zero-order chi connectivity index (χ0) is 15.9. The molecule has 0 saturated carbocycles. The first-order chi connectivity index (χ1) is 10.6. The van der Waals surface area contributed by atoms with Gasteiger partial charge in [0.05, 0.1) is 12.7 Å². The van der Waals surface area contributed by atoms with Crippen molar-refractivity contribution in [2.45, 2.75) is 19.9 Å². The van der Waals surface area contributed by atoms with Crippen LogP contribution in [0.15, 0.2) is 42.5 Å². The van der Waals surface area contributed by atoms with Gasteiger partial charge >= 0.3 is 5.97 Å². The number of carboxylic acids is 1. The summed E-state index contributed by atoms with van der Waals surface area (Å²) in [5, 5.41) is 12.2. The average molecular weight is 299 g/mol. The molecule has 0 spiro atoms. The highest BCUT2D eigenvalue weighted by Gasteiger charge is 2.02. The lowest BCUT2D eigenvalue weighted by molar-refractivity contribution is 0.0697. The minimum absolute atomic E-state index is 0.315. The van der Waals surface area contributed by atoms with E-state index in [0.717, 1.165) is 36.4 Å². The first-order valence-corrected chi connectivity index (χ1v) is 7.26. The van der Waals surface area contributed by atoms with Gasteiger partial charge in [-0.15, -0.1) is 0 Å². The second-order valence-electron chi connectivity index (χ2n) is 5.23. The fraction of sp³-hybridized carbons (Fsp3) is 0.278. The van der Waals surface area contributed by atoms with Gasteiger partial charge in [-0.1, -0.05) is 24.3 Å². The van der Waals surface area contributed by atoms with Crippen LogP contribution in [0.4, 0.5) is 0 Å². The van der Waals surface area contributed by atoms with Gasteiger partial charge in [0.1, 0.15) is 5.75 Å². The molecule has 2 N–H and O–H groups in total. The standard InChI is InChI=1S/C18H21NO3/c1-13-3-4-14(11-17(13)22-2)9-10-19-12-15-5-7-16(8-6-15)18(20)21/h3-8,11,19H,9-10,12H2,1-2H3,(H,20,21). The monoisotopic (exact) mass is 299 g/mol. The van der Waals surface area contributed by atoms with Gasteiger partial charge in [-0.2, -0.15) is 0 Å². The van der Waals surface area contributed by atoms with Crippen molar-refractivity contribution in [3.63, 3.8) is 0 Å². The number of aryl methyl sites for hydroxylation is 1. The van der Waals surface area contributed by atoms with Gasteiger partial charge in [-0.25, -0.2) is 4.79 Å². The van der Waals surface area contributed by atoms with Crippen LogP contribution >= 0.6 is 0 Å². The smallest absolute Gasteiger partial charge is 0.335 e. The normalized spacial score (nSPS) is 10.5. The molecular weight excluding hydrogens is 278 g/mol. The highest BCUT2D eigenvalue weighted by atomic mass is 16.5. The van der Waals surface area contributed by atoms with Gasteiger partial charge in [0, 0.05) is 6.54 Å². The maximum absolute atomic E-state index is 10.8. The Balaban J connectivity index is 1.80. The van der Waals surface area contributed by atoms with Crippen LogP contribution in [0.1, 0.15) is 27.0 Å². The largest absolute Gasteiger partial charge is 0.496 e. The van der Waals surface area contributed by atoms with Crippen molar-refractivity contribution < 1.29 is 14.6 Å². The SMILES string of the molecule is COc1cc(CCNCc2ccc(C(=O)O)cc2)ccc1C. The molecular formula is C18H21NO3. The van der Waals surface area contributed by atoms with Crippen molar-refractivity contribution in [2.75, 3.05) is 13.7 Å². The van der Waals surface area contributed by atoms with Crippen molar-refractivity contribution >= 4 is 5.97 Å². The summed E-state index contributed by atoms with van der Waals surface area (Å²) in [7, 11) is 1.69. The third kappa shape index (κ3) is 4.33. The highest BCUT2D eigenvalue weighted by molar-refractivity contribution is 5.87. The van der Waals surface area contributed by atoms with Crippen molar-refractivity contribution in [3.8, 4) is 5.75 Å². The van der Waals surface area contributed by atoms with Crippen molar-refractivity contribution in [1.29, 1.82) is 0 Å². The second-order valence-corrected chi connectivity index (χ2v) is 5.23. The molecule has 0 amide bonds. The molecule has 0 aliphatic carbocycles. The third-order valence-corrected chi connectivity index (χ3v) is 3.59. The number of methoxy groups -OCH3 is 1. The maximum Gasteiger partial charge on any atom is 0.335 e. The van der Waals surface area contributed by atoms with Crippen molar-refractivity contribution in [3.05, 3.63) is 64.7 Å². The molecule has 0 bridgehead atoms. The second kappa shape index (κ2) is 7.61. The van der Waals surface area contributed by atoms with Crippen molar-refractivity contribution in [1.82, 2.24) is 5.32 Å². The van der Waals surface area contributed by atoms with Gasteiger partial charge in [0.25, 0.3) is 0 Å². The summed E-state index contributed by atoms with van der Waals surface area (Å²) in [5.41, 5.74) is 3.76. The number of carboxylic acid groups (broad SMARTS) is 1. The lowest BCUT2D eigenvalue weighted by Crippen LogP contribution is -2.16. The molecule has 0 aliphatic rings. The summed E-state index contributed by atoms with van der Waals surface area (Å²) in [5.74, 6) is 0.0228. The van der Waals surface area contributed by atoms with Crippen molar-refractivity contribution in [2.24, 2.45) is 0 Å². The Hall–Kier alpha value is -2.33. The molecule has 0 unspecified atom stereocenters. The number of benzene rings is 2. The van der Waals surface area contributed by atoms with Gasteiger partial charge in [-0.3, -0.25) is 0 Å². The fourth-order valence-corrected chi connectivity index (χ4v) is 2.25. The molecule has 4 heteroatoms. The summed E-state index contributed by atoms with van der Waals surface area (Å²) in [6.07, 6.45) is 0.920. The molecule has 0 heterocycles. The van der Waals surface area contributed by atoms with Gasteiger partial charge in [0.2, 0.25) is 0 Å². The fourth-order valence-electron chi connectivity index (χ4n) is 2.25. The van der Waals surface area contributed by atoms with Crippen LogP contribution in [-0.2, 0) is 13.0 Å². The Morgan fingerprint density at radius 2 is 1.82 bits per heavy atom. The van der Waals surface area contributed by atoms with E-state index in [-0.39, 0.29) is 0 Å². The molecule has 2 aromatic rings. The minimum atomic E-state index is -0.896. The third-order valence-electron chi connectivity index (χ3n) is 3.59. The molecule has 0 aliphatic heterocycles. The van der Waals surface area contributed by atoms with Gasteiger partial charge in [0.15, 0.2) is 0 Å². The molecule has 0 saturated heterocycles. The number of nitrogens with one attached hydrogen (secondary N) is 1. The number of carbonyl (C=O) groups is 1. The Morgan fingerprint density at radius 3 is 2.45 bits per heavy atom. The molecule has 4 nitrogen and oxygen atoms in total. The summed E-state index contributed by atoms with van der Waals surface area (Å²) in [6, 6.07) is 13.2. The summed E-state index contributed by atoms with van der Waals surface area (Å²) in [4.78, 5) is 10.8. The van der Waals surface area contributed by atoms with Gasteiger partial charge in [-0.05, 0) is 54.8 Å². The van der Waals surface area contributed by atoms with E-state index in [9.17, 15) is 4.79 Å². The van der Waals surface area contributed by atoms with Crippen LogP contribution in [0.2, 0.25) is 0 Å². The van der Waals surface area contributed by atoms with Crippen LogP contribution in [0.3, 0.4) is 0 Å². The Morgan fingerprint density at radius 1 is 1.14 bits per heavy atom. The summed E-state index contributed by atoms with van der Waals surface area (Å²) < 4.78 is 5.32. The maximum atomic E-state index is 10.8. The van der Waals surface area contributed by atoms with Crippen LogP contribution in [0.5, 0.6) is 5.75 Å². The number of ether oxygens (including phenoxy) is 1. The highest BCUT2D eigenvalue weighted by Crippen LogP contribution is 2.19. The van der Waals surface area contributed by atoms with E-state index in [1.54, 1.807) is 19.2 Å². The van der Waals surface area contributed by atoms with E-state index >= 15 is 0 Å². The number of rotatable bonds is 7. The number of hydrogen-bond donors (Lipinski definition) is 2. The Kier molecular flexibility index (Phi) is 5.55. The van der Waals surface area contributed by atoms with Crippen LogP contribution in [0, 0.1) is 6.92 Å². The predicted molar refractivity (Wildman–Crippen MR) is 86.5 cm³/mol. The average Bonchev–Trinajstić information content (AvgIpc) is 2.53. The molecule has 0 aromatic heterocycles. The number of aromatic carboxylic acids is 1. The van der Waals surface area contributed by atoms with E-state index in [0.29, 0.717) is 5.56 Å². The number of hydrogen-bond acceptors (Lipinski definition) is 3. The first-order valence-electron chi connectivity index (χ1n) is 7.26. The lowest BCUT2D eigenvalue weighted by atomic mass is 10.1. The molecule has 2 rings (SSSR count). The lowest BCUT2D eigenvalue weighted by Gasteiger charge is -2.09. The summed E-state index contributed by atoms with van der Waals surface area (Å²) >= 11 is 0. The molecule has 22 heavy (non-hydrogen) atoms. The van der Waals surface area contributed by atoms with E-state index in [1.165, 1.54) is 5.56 Å². The van der Waals surface area contributed by atoms with Crippen LogP contribution in [0.25, 0.3) is 0 Å². The van der Waals surface area contributed by atoms with Gasteiger partial charge < -0.3 is 15.2 Å². The zero-order valence-corrected chi connectivity index (χ0v) is 12.9. The minimum Gasteiger partial charge on any atom is -0.496 e. The molecule has 0 atom stereocenters. The van der Waals surface area contributed by atoms with E-state index in [4.69, 9.17) is 9.84 Å². The zero-order valence-electron chi connectivity index (χ0n) is 12.9. The molecule has 0 fully saturated rings. The topological polar surface area (TPSA) is 58.6 Å². The Bertz CT molecular complexity index is 635. The Labute approximate surface area is 130 Å². The predicted octanol–water partition coefficient (Wildman–Crippen LogP) is 3.03. The molecule has 0 radical (unpaired) electrons. The summed E-state index contributed by atoms with van der Waals surface area (Å²) in [6.45, 7) is 3.61. The van der Waals surface area contributed by atoms with Crippen LogP contribution in [-0.4, -0.2) is 24.7 Å². The molecule has 116 valence electrons. The first kappa shape index (κ1) is 16.0. The van der Waals surface area contributed by atoms with E-state index in [1.807, 2.05) is 19.1 Å². The van der Waals surface area contributed by atoms with E-state index < -0.39 is 5.97 Å².